The largest absolute Gasteiger partial charge is 0.507 e. The first-order valence-corrected chi connectivity index (χ1v) is 15.3. The van der Waals surface area contributed by atoms with Gasteiger partial charge in [0.2, 0.25) is 0 Å². The number of rotatable bonds is 10. The number of aromatic hydroxyl groups is 1. The lowest BCUT2D eigenvalue weighted by molar-refractivity contribution is -0.237. The molecule has 0 bridgehead atoms. The van der Waals surface area contributed by atoms with E-state index >= 15 is 0 Å². The summed E-state index contributed by atoms with van der Waals surface area (Å²) in [5.74, 6) is -2.38. The number of hydrazone groups is 2. The van der Waals surface area contributed by atoms with Crippen LogP contribution in [0.15, 0.2) is 63.2 Å². The summed E-state index contributed by atoms with van der Waals surface area (Å²) in [5, 5.41) is 21.0. The number of halogens is 1. The molecular formula is C29H31BrN4O10S. The Morgan fingerprint density at radius 3 is 2.27 bits per heavy atom. The van der Waals surface area contributed by atoms with Crippen molar-refractivity contribution in [1.82, 2.24) is 10.4 Å². The van der Waals surface area contributed by atoms with Crippen LogP contribution in [-0.2, 0) is 42.9 Å². The number of benzene rings is 2. The van der Waals surface area contributed by atoms with Gasteiger partial charge in [0, 0.05) is 43.3 Å². The maximum absolute atomic E-state index is 12.3. The van der Waals surface area contributed by atoms with E-state index in [1.807, 2.05) is 30.3 Å². The smallest absolute Gasteiger partial charge is 0.303 e. The van der Waals surface area contributed by atoms with E-state index in [1.54, 1.807) is 12.1 Å². The first-order valence-electron chi connectivity index (χ1n) is 13.6. The number of hydrogen-bond donors (Lipinski definition) is 2. The molecule has 14 nitrogen and oxygen atoms in total. The second kappa shape index (κ2) is 15.2. The van der Waals surface area contributed by atoms with Crippen LogP contribution in [0.4, 0.5) is 0 Å². The van der Waals surface area contributed by atoms with Gasteiger partial charge in [-0.1, -0.05) is 58.0 Å². The summed E-state index contributed by atoms with van der Waals surface area (Å²) in [4.78, 5) is 48.2. The molecule has 6 atom stereocenters. The fraction of sp³-hybridized carbons (Fsp3) is 0.379. The highest BCUT2D eigenvalue weighted by molar-refractivity contribution is 9.10. The molecule has 0 radical (unpaired) electrons. The molecule has 2 aromatic rings. The number of carbonyl (C=O) groups is 4. The van der Waals surface area contributed by atoms with Crippen molar-refractivity contribution in [3.63, 3.8) is 0 Å². The third-order valence-electron chi connectivity index (χ3n) is 6.27. The molecular weight excluding hydrogens is 676 g/mol. The van der Waals surface area contributed by atoms with Crippen molar-refractivity contribution in [2.24, 2.45) is 10.2 Å². The minimum Gasteiger partial charge on any atom is -0.507 e. The zero-order valence-electron chi connectivity index (χ0n) is 24.6. The summed E-state index contributed by atoms with van der Waals surface area (Å²) >= 11 is 4.45. The monoisotopic (exact) mass is 706 g/mol. The second-order valence-electron chi connectivity index (χ2n) is 9.78. The third kappa shape index (κ3) is 8.95. The fourth-order valence-corrected chi connectivity index (χ4v) is 6.09. The summed E-state index contributed by atoms with van der Waals surface area (Å²) in [6, 6.07) is 14.1. The lowest BCUT2D eigenvalue weighted by Gasteiger charge is -2.44. The van der Waals surface area contributed by atoms with E-state index in [0.29, 0.717) is 17.0 Å². The van der Waals surface area contributed by atoms with E-state index < -0.39 is 59.2 Å². The van der Waals surface area contributed by atoms with Crippen molar-refractivity contribution >= 4 is 63.6 Å². The van der Waals surface area contributed by atoms with Crippen molar-refractivity contribution in [3.8, 4) is 5.75 Å². The summed E-state index contributed by atoms with van der Waals surface area (Å²) in [7, 11) is 0. The summed E-state index contributed by atoms with van der Waals surface area (Å²) in [5.41, 5.74) is 2.23. The Labute approximate surface area is 271 Å². The summed E-state index contributed by atoms with van der Waals surface area (Å²) in [6.07, 6.45) is -3.55. The Hall–Kier alpha value is -4.15. The molecule has 2 aliphatic rings. The Kier molecular flexibility index (Phi) is 11.4. The SMILES string of the molecule is CC(=O)OC[C@H]1O[C@@H](SC2NN=C(c3ccccc3)N2/N=C/c2cc(Br)ccc2O)[C@H](OC(C)=O)[C@@H](OC(C)=O)[C@@H]1OC(C)=O. The molecule has 1 fully saturated rings. The van der Waals surface area contributed by atoms with Crippen molar-refractivity contribution in [3.05, 3.63) is 64.1 Å². The Morgan fingerprint density at radius 2 is 1.62 bits per heavy atom. The van der Waals surface area contributed by atoms with Gasteiger partial charge in [-0.2, -0.15) is 10.2 Å². The van der Waals surface area contributed by atoms with Crippen LogP contribution >= 0.6 is 27.7 Å². The van der Waals surface area contributed by atoms with Crippen molar-refractivity contribution < 1.29 is 48.0 Å². The van der Waals surface area contributed by atoms with Gasteiger partial charge >= 0.3 is 23.9 Å². The molecule has 1 unspecified atom stereocenters. The third-order valence-corrected chi connectivity index (χ3v) is 7.98. The number of esters is 4. The zero-order valence-corrected chi connectivity index (χ0v) is 27.0. The minimum absolute atomic E-state index is 0.00362. The van der Waals surface area contributed by atoms with Gasteiger partial charge in [-0.15, -0.1) is 0 Å². The molecule has 0 aliphatic carbocycles. The van der Waals surface area contributed by atoms with E-state index in [4.69, 9.17) is 23.7 Å². The topological polar surface area (TPSA) is 175 Å². The standard InChI is InChI=1S/C29H31BrN4O10S/c1-15(35)40-14-23-24(41-16(2)36)25(42-17(3)37)26(43-18(4)38)28(44-23)45-29-33-32-27(19-8-6-5-7-9-19)34(29)31-13-20-12-21(30)10-11-22(20)39/h5-13,23-26,28-29,33,39H,14H2,1-4H3/b31-13+/t23-,24-,25+,26-,28+,29?/m1/s1. The van der Waals surface area contributed by atoms with Crippen LogP contribution in [0.3, 0.4) is 0 Å². The van der Waals surface area contributed by atoms with Gasteiger partial charge in [0.05, 0.1) is 6.21 Å². The molecule has 4 rings (SSSR count). The highest BCUT2D eigenvalue weighted by Crippen LogP contribution is 2.38. The van der Waals surface area contributed by atoms with Crippen LogP contribution in [0.25, 0.3) is 0 Å². The first kappa shape index (κ1) is 33.7. The maximum atomic E-state index is 12.3. The average molecular weight is 708 g/mol. The molecule has 2 heterocycles. The molecule has 0 aromatic heterocycles. The lowest BCUT2D eigenvalue weighted by atomic mass is 9.99. The number of thioether (sulfide) groups is 1. The number of phenols is 1. The quantitative estimate of drug-likeness (QED) is 0.210. The van der Waals surface area contributed by atoms with Gasteiger partial charge in [0.25, 0.3) is 0 Å². The number of nitrogens with zero attached hydrogens (tertiary/aromatic N) is 3. The van der Waals surface area contributed by atoms with Gasteiger partial charge in [-0.3, -0.25) is 24.6 Å². The number of ether oxygens (including phenoxy) is 5. The van der Waals surface area contributed by atoms with E-state index in [2.05, 4.69) is 31.6 Å². The number of phenolic OH excluding ortho intramolecular Hbond substituents is 1. The normalized spacial score (nSPS) is 24.4. The van der Waals surface area contributed by atoms with Crippen LogP contribution in [-0.4, -0.2) is 88.0 Å². The number of nitrogens with one attached hydrogen (secondary N) is 1. The van der Waals surface area contributed by atoms with Crippen LogP contribution in [0, 0.1) is 0 Å². The molecule has 2 aromatic carbocycles. The van der Waals surface area contributed by atoms with Crippen LogP contribution < -0.4 is 5.43 Å². The summed E-state index contributed by atoms with van der Waals surface area (Å²) in [6.45, 7) is 4.32. The van der Waals surface area contributed by atoms with Crippen molar-refractivity contribution in [1.29, 1.82) is 0 Å². The fourth-order valence-electron chi connectivity index (χ4n) is 4.50. The highest BCUT2D eigenvalue weighted by atomic mass is 79.9. The van der Waals surface area contributed by atoms with E-state index in [-0.39, 0.29) is 12.4 Å². The maximum Gasteiger partial charge on any atom is 0.303 e. The molecule has 0 amide bonds. The number of amidine groups is 1. The van der Waals surface area contributed by atoms with Crippen LogP contribution in [0.1, 0.15) is 38.8 Å². The van der Waals surface area contributed by atoms with E-state index in [1.165, 1.54) is 31.1 Å². The highest BCUT2D eigenvalue weighted by Gasteiger charge is 2.53. The zero-order chi connectivity index (χ0) is 32.7. The van der Waals surface area contributed by atoms with Gasteiger partial charge in [-0.25, -0.2) is 5.01 Å². The van der Waals surface area contributed by atoms with Crippen LogP contribution in [0.5, 0.6) is 5.75 Å². The molecule has 240 valence electrons. The first-order chi connectivity index (χ1) is 21.4. The lowest BCUT2D eigenvalue weighted by Crippen LogP contribution is -2.62. The van der Waals surface area contributed by atoms with Crippen molar-refractivity contribution in [2.75, 3.05) is 6.61 Å². The van der Waals surface area contributed by atoms with E-state index in [9.17, 15) is 24.3 Å². The molecule has 2 N–H and O–H groups in total. The van der Waals surface area contributed by atoms with Gasteiger partial charge < -0.3 is 28.8 Å². The molecule has 16 heteroatoms. The number of hydrogen-bond acceptors (Lipinski definition) is 15. The molecule has 0 saturated carbocycles. The van der Waals surface area contributed by atoms with Gasteiger partial charge in [0.1, 0.15) is 23.9 Å². The van der Waals surface area contributed by atoms with Gasteiger partial charge in [-0.05, 0) is 18.2 Å². The predicted molar refractivity (Wildman–Crippen MR) is 165 cm³/mol. The molecule has 0 spiro atoms. The van der Waals surface area contributed by atoms with Gasteiger partial charge in [0.15, 0.2) is 29.6 Å². The molecule has 1 saturated heterocycles. The second-order valence-corrected chi connectivity index (χ2v) is 11.9. The van der Waals surface area contributed by atoms with E-state index in [0.717, 1.165) is 30.1 Å². The summed E-state index contributed by atoms with van der Waals surface area (Å²) < 4.78 is 28.7. The minimum atomic E-state index is -1.33. The average Bonchev–Trinajstić information content (AvgIpc) is 3.37. The Bertz CT molecular complexity index is 1480. The predicted octanol–water partition coefficient (Wildman–Crippen LogP) is 2.86. The van der Waals surface area contributed by atoms with Crippen molar-refractivity contribution in [2.45, 2.75) is 63.0 Å². The molecule has 2 aliphatic heterocycles. The Morgan fingerprint density at radius 1 is 0.978 bits per heavy atom. The Balaban J connectivity index is 1.71. The number of carbonyl (C=O) groups excluding carboxylic acids is 4. The molecule has 45 heavy (non-hydrogen) atoms. The van der Waals surface area contributed by atoms with Crippen LogP contribution in [0.2, 0.25) is 0 Å².